The van der Waals surface area contributed by atoms with Gasteiger partial charge in [-0.05, 0) is 74.1 Å². The van der Waals surface area contributed by atoms with E-state index in [1.165, 1.54) is 6.42 Å². The van der Waals surface area contributed by atoms with Crippen molar-refractivity contribution in [3.8, 4) is 5.75 Å². The maximum atomic E-state index is 13.4. The second kappa shape index (κ2) is 12.5. The zero-order chi connectivity index (χ0) is 24.7. The van der Waals surface area contributed by atoms with Gasteiger partial charge >= 0.3 is 0 Å². The molecule has 7 heteroatoms. The molecule has 2 amide bonds. The van der Waals surface area contributed by atoms with E-state index in [9.17, 15) is 9.59 Å². The summed E-state index contributed by atoms with van der Waals surface area (Å²) in [6, 6.07) is 10.6. The van der Waals surface area contributed by atoms with Crippen LogP contribution in [0.1, 0.15) is 62.1 Å². The summed E-state index contributed by atoms with van der Waals surface area (Å²) in [6.07, 6.45) is 5.92. The normalized spacial score (nSPS) is 15.0. The van der Waals surface area contributed by atoms with Crippen molar-refractivity contribution in [2.24, 2.45) is 0 Å². The summed E-state index contributed by atoms with van der Waals surface area (Å²) in [6.45, 7) is 6.04. The van der Waals surface area contributed by atoms with Crippen LogP contribution in [0.5, 0.6) is 5.75 Å². The maximum absolute atomic E-state index is 13.4. The van der Waals surface area contributed by atoms with E-state index < -0.39 is 6.04 Å². The first-order chi connectivity index (χ1) is 16.3. The number of halogens is 2. The summed E-state index contributed by atoms with van der Waals surface area (Å²) >= 11 is 12.3. The van der Waals surface area contributed by atoms with Crippen molar-refractivity contribution in [1.29, 1.82) is 0 Å². The van der Waals surface area contributed by atoms with Gasteiger partial charge in [0, 0.05) is 12.6 Å². The Bertz CT molecular complexity index is 1010. The molecule has 0 aromatic heterocycles. The van der Waals surface area contributed by atoms with Crippen LogP contribution in [0, 0.1) is 13.8 Å². The lowest BCUT2D eigenvalue weighted by Crippen LogP contribution is -2.52. The molecule has 1 N–H and O–H groups in total. The van der Waals surface area contributed by atoms with Gasteiger partial charge in [0.2, 0.25) is 5.91 Å². The van der Waals surface area contributed by atoms with Gasteiger partial charge in [-0.2, -0.15) is 0 Å². The molecule has 1 aliphatic rings. The number of aryl methyl sites for hydroxylation is 2. The van der Waals surface area contributed by atoms with Crippen molar-refractivity contribution >= 4 is 35.0 Å². The van der Waals surface area contributed by atoms with Crippen molar-refractivity contribution < 1.29 is 14.3 Å². The van der Waals surface area contributed by atoms with E-state index in [1.54, 1.807) is 17.0 Å². The van der Waals surface area contributed by atoms with E-state index in [1.807, 2.05) is 45.0 Å². The number of ether oxygens (including phenoxy) is 1. The Labute approximate surface area is 212 Å². The summed E-state index contributed by atoms with van der Waals surface area (Å²) in [5, 5.41) is 4.04. The minimum Gasteiger partial charge on any atom is -0.484 e. The molecule has 0 bridgehead atoms. The number of rotatable bonds is 9. The summed E-state index contributed by atoms with van der Waals surface area (Å²) in [5.74, 6) is 0.259. The molecule has 1 fully saturated rings. The molecule has 1 atom stereocenters. The monoisotopic (exact) mass is 504 g/mol. The smallest absolute Gasteiger partial charge is 0.261 e. The maximum Gasteiger partial charge on any atom is 0.261 e. The van der Waals surface area contributed by atoms with Gasteiger partial charge in [-0.25, -0.2) is 0 Å². The summed E-state index contributed by atoms with van der Waals surface area (Å²) in [4.78, 5) is 28.2. The van der Waals surface area contributed by atoms with Gasteiger partial charge in [0.25, 0.3) is 5.91 Å². The fourth-order valence-electron chi connectivity index (χ4n) is 4.33. The molecule has 0 spiro atoms. The standard InChI is InChI=1S/C27H34Cl2N2O3/c1-4-25(27(33)30-21-8-6-5-7-9-21)31(16-20-11-13-23(28)24(29)15-20)26(32)17-34-22-12-10-18(2)19(3)14-22/h10-15,21,25H,4-9,16-17H2,1-3H3,(H,30,33)/t25-/m0/s1. The molecule has 1 aliphatic carbocycles. The average Bonchev–Trinajstić information content (AvgIpc) is 2.82. The van der Waals surface area contributed by atoms with Gasteiger partial charge in [0.05, 0.1) is 10.0 Å². The second-order valence-electron chi connectivity index (χ2n) is 9.07. The first kappa shape index (κ1) is 26.4. The molecule has 184 valence electrons. The number of hydrogen-bond acceptors (Lipinski definition) is 3. The lowest BCUT2D eigenvalue weighted by Gasteiger charge is -2.32. The molecule has 2 aromatic rings. The number of carbonyl (C=O) groups excluding carboxylic acids is 2. The predicted molar refractivity (Wildman–Crippen MR) is 138 cm³/mol. The van der Waals surface area contributed by atoms with Gasteiger partial charge in [0.15, 0.2) is 6.61 Å². The van der Waals surface area contributed by atoms with Crippen molar-refractivity contribution in [3.63, 3.8) is 0 Å². The van der Waals surface area contributed by atoms with Crippen LogP contribution >= 0.6 is 23.2 Å². The van der Waals surface area contributed by atoms with E-state index in [4.69, 9.17) is 27.9 Å². The average molecular weight is 505 g/mol. The lowest BCUT2D eigenvalue weighted by atomic mass is 9.95. The third kappa shape index (κ3) is 7.13. The molecule has 0 saturated heterocycles. The molecule has 0 unspecified atom stereocenters. The van der Waals surface area contributed by atoms with Gasteiger partial charge < -0.3 is 15.0 Å². The minimum atomic E-state index is -0.604. The zero-order valence-electron chi connectivity index (χ0n) is 20.2. The Kier molecular flexibility index (Phi) is 9.66. The molecule has 2 aromatic carbocycles. The van der Waals surface area contributed by atoms with E-state index in [2.05, 4.69) is 5.32 Å². The highest BCUT2D eigenvalue weighted by molar-refractivity contribution is 6.42. The van der Waals surface area contributed by atoms with Crippen LogP contribution in [-0.2, 0) is 16.1 Å². The Morgan fingerprint density at radius 3 is 2.41 bits per heavy atom. The largest absolute Gasteiger partial charge is 0.484 e. The Morgan fingerprint density at radius 1 is 1.03 bits per heavy atom. The van der Waals surface area contributed by atoms with Gasteiger partial charge in [-0.15, -0.1) is 0 Å². The highest BCUT2D eigenvalue weighted by atomic mass is 35.5. The van der Waals surface area contributed by atoms with E-state index in [0.717, 1.165) is 42.4 Å². The van der Waals surface area contributed by atoms with E-state index >= 15 is 0 Å². The fraction of sp³-hybridized carbons (Fsp3) is 0.481. The number of amides is 2. The second-order valence-corrected chi connectivity index (χ2v) is 9.89. The fourth-order valence-corrected chi connectivity index (χ4v) is 4.65. The number of benzene rings is 2. The van der Waals surface area contributed by atoms with Crippen LogP contribution in [0.3, 0.4) is 0 Å². The first-order valence-electron chi connectivity index (χ1n) is 12.0. The minimum absolute atomic E-state index is 0.117. The van der Waals surface area contributed by atoms with E-state index in [0.29, 0.717) is 22.2 Å². The van der Waals surface area contributed by atoms with Crippen LogP contribution in [0.15, 0.2) is 36.4 Å². The Balaban J connectivity index is 1.78. The van der Waals surface area contributed by atoms with Crippen LogP contribution in [0.2, 0.25) is 10.0 Å². The van der Waals surface area contributed by atoms with Crippen molar-refractivity contribution in [2.75, 3.05) is 6.61 Å². The van der Waals surface area contributed by atoms with Crippen LogP contribution in [-0.4, -0.2) is 35.4 Å². The van der Waals surface area contributed by atoms with Crippen LogP contribution < -0.4 is 10.1 Å². The Morgan fingerprint density at radius 2 is 1.76 bits per heavy atom. The topological polar surface area (TPSA) is 58.6 Å². The summed E-state index contributed by atoms with van der Waals surface area (Å²) in [5.41, 5.74) is 3.05. The predicted octanol–water partition coefficient (Wildman–Crippen LogP) is 6.25. The number of carbonyl (C=O) groups is 2. The molecule has 0 radical (unpaired) electrons. The highest BCUT2D eigenvalue weighted by Crippen LogP contribution is 2.25. The molecular formula is C27H34Cl2N2O3. The Hall–Kier alpha value is -2.24. The molecule has 0 heterocycles. The molecule has 5 nitrogen and oxygen atoms in total. The SMILES string of the molecule is CC[C@@H](C(=O)NC1CCCCC1)N(Cc1ccc(Cl)c(Cl)c1)C(=O)COc1ccc(C)c(C)c1. The summed E-state index contributed by atoms with van der Waals surface area (Å²) < 4.78 is 5.82. The van der Waals surface area contributed by atoms with Crippen LogP contribution in [0.25, 0.3) is 0 Å². The van der Waals surface area contributed by atoms with Crippen LogP contribution in [0.4, 0.5) is 0 Å². The third-order valence-corrected chi connectivity index (χ3v) is 7.25. The van der Waals surface area contributed by atoms with Crippen molar-refractivity contribution in [3.05, 3.63) is 63.1 Å². The first-order valence-corrected chi connectivity index (χ1v) is 12.8. The molecule has 34 heavy (non-hydrogen) atoms. The van der Waals surface area contributed by atoms with Gasteiger partial charge in [-0.1, -0.05) is 61.5 Å². The van der Waals surface area contributed by atoms with Gasteiger partial charge in [-0.3, -0.25) is 9.59 Å². The summed E-state index contributed by atoms with van der Waals surface area (Å²) in [7, 11) is 0. The lowest BCUT2D eigenvalue weighted by molar-refractivity contribution is -0.143. The molecule has 0 aliphatic heterocycles. The zero-order valence-corrected chi connectivity index (χ0v) is 21.7. The van der Waals surface area contributed by atoms with E-state index in [-0.39, 0.29) is 31.0 Å². The third-order valence-electron chi connectivity index (χ3n) is 6.52. The number of nitrogens with one attached hydrogen (secondary N) is 1. The molecule has 3 rings (SSSR count). The number of nitrogens with zero attached hydrogens (tertiary/aromatic N) is 1. The highest BCUT2D eigenvalue weighted by Gasteiger charge is 2.30. The number of hydrogen-bond donors (Lipinski definition) is 1. The van der Waals surface area contributed by atoms with Crippen molar-refractivity contribution in [2.45, 2.75) is 77.9 Å². The molecule has 1 saturated carbocycles. The van der Waals surface area contributed by atoms with Gasteiger partial charge in [0.1, 0.15) is 11.8 Å². The van der Waals surface area contributed by atoms with Crippen molar-refractivity contribution in [1.82, 2.24) is 10.2 Å². The molecular weight excluding hydrogens is 471 g/mol. The quantitative estimate of drug-likeness (QED) is 0.439.